The summed E-state index contributed by atoms with van der Waals surface area (Å²) in [6.45, 7) is 7.94. The molecule has 5 rings (SSSR count). The van der Waals surface area contributed by atoms with E-state index in [1.165, 1.54) is 5.56 Å². The number of furan rings is 1. The molecule has 4 nitrogen and oxygen atoms in total. The monoisotopic (exact) mass is 433 g/mol. The molecule has 0 saturated carbocycles. The molecule has 0 bridgehead atoms. The molecule has 1 heterocycles. The minimum atomic E-state index is -3.75. The van der Waals surface area contributed by atoms with E-state index in [9.17, 15) is 8.42 Å². The van der Waals surface area contributed by atoms with Gasteiger partial charge in [-0.3, -0.25) is 4.72 Å². The normalized spacial score (nSPS) is 16.6. The molecule has 0 spiro atoms. The van der Waals surface area contributed by atoms with E-state index in [2.05, 4.69) is 11.6 Å². The Morgan fingerprint density at radius 3 is 2.35 bits per heavy atom. The summed E-state index contributed by atoms with van der Waals surface area (Å²) in [6, 6.07) is 13.7. The Morgan fingerprint density at radius 1 is 0.968 bits per heavy atom. The van der Waals surface area contributed by atoms with E-state index in [0.717, 1.165) is 63.5 Å². The van der Waals surface area contributed by atoms with Crippen molar-refractivity contribution in [3.8, 4) is 0 Å². The van der Waals surface area contributed by atoms with E-state index in [0.29, 0.717) is 16.5 Å². The van der Waals surface area contributed by atoms with Crippen LogP contribution in [-0.4, -0.2) is 8.42 Å². The standard InChI is InChI=1S/C26H27NO3S/c1-15-9-10-24-21(13-15)22-14-23(19-7-5-6-8-20(19)25(22)30-24)27-31(28,29)26-17(3)11-16(2)12-18(26)4/h5-8,11-12,14-15,27H,9-10,13H2,1-4H3. The summed E-state index contributed by atoms with van der Waals surface area (Å²) in [5.74, 6) is 1.64. The number of benzene rings is 3. The lowest BCUT2D eigenvalue weighted by Gasteiger charge is -2.17. The summed E-state index contributed by atoms with van der Waals surface area (Å²) in [5.41, 5.74) is 5.25. The minimum Gasteiger partial charge on any atom is -0.460 e. The molecule has 1 unspecified atom stereocenters. The van der Waals surface area contributed by atoms with E-state index < -0.39 is 10.0 Å². The van der Waals surface area contributed by atoms with E-state index in [1.54, 1.807) is 0 Å². The quantitative estimate of drug-likeness (QED) is 0.405. The molecular formula is C26H27NO3S. The van der Waals surface area contributed by atoms with Gasteiger partial charge in [-0.1, -0.05) is 48.9 Å². The summed E-state index contributed by atoms with van der Waals surface area (Å²) in [6.07, 6.45) is 3.02. The van der Waals surface area contributed by atoms with Gasteiger partial charge < -0.3 is 4.42 Å². The average Bonchev–Trinajstić information content (AvgIpc) is 3.05. The molecule has 3 aromatic carbocycles. The summed E-state index contributed by atoms with van der Waals surface area (Å²) in [4.78, 5) is 0.352. The number of hydrogen-bond donors (Lipinski definition) is 1. The second-order valence-electron chi connectivity index (χ2n) is 9.03. The SMILES string of the molecule is Cc1cc(C)c(S(=O)(=O)Nc2cc3c4c(oc3c3ccccc23)CCC(C)C4)c(C)c1. The Balaban J connectivity index is 1.72. The van der Waals surface area contributed by atoms with Crippen LogP contribution in [0.3, 0.4) is 0 Å². The molecule has 1 aliphatic carbocycles. The van der Waals surface area contributed by atoms with Gasteiger partial charge in [0.15, 0.2) is 0 Å². The lowest BCUT2D eigenvalue weighted by atomic mass is 9.87. The van der Waals surface area contributed by atoms with Gasteiger partial charge in [0, 0.05) is 28.1 Å². The van der Waals surface area contributed by atoms with Gasteiger partial charge in [0.25, 0.3) is 10.0 Å². The number of hydrogen-bond acceptors (Lipinski definition) is 3. The fourth-order valence-electron chi connectivity index (χ4n) is 5.14. The van der Waals surface area contributed by atoms with Crippen molar-refractivity contribution >= 4 is 37.5 Å². The highest BCUT2D eigenvalue weighted by atomic mass is 32.2. The molecule has 1 N–H and O–H groups in total. The van der Waals surface area contributed by atoms with Crippen LogP contribution >= 0.6 is 0 Å². The Morgan fingerprint density at radius 2 is 1.65 bits per heavy atom. The molecule has 1 atom stereocenters. The van der Waals surface area contributed by atoms with Gasteiger partial charge in [0.1, 0.15) is 11.3 Å². The third kappa shape index (κ3) is 3.32. The fraction of sp³-hybridized carbons (Fsp3) is 0.308. The van der Waals surface area contributed by atoms with E-state index in [1.807, 2.05) is 63.2 Å². The van der Waals surface area contributed by atoms with Crippen molar-refractivity contribution in [1.82, 2.24) is 0 Å². The van der Waals surface area contributed by atoms with Crippen LogP contribution in [0.15, 0.2) is 51.8 Å². The summed E-state index contributed by atoms with van der Waals surface area (Å²) >= 11 is 0. The smallest absolute Gasteiger partial charge is 0.262 e. The van der Waals surface area contributed by atoms with Gasteiger partial charge in [-0.15, -0.1) is 0 Å². The molecule has 0 saturated heterocycles. The predicted octanol–water partition coefficient (Wildman–Crippen LogP) is 6.44. The topological polar surface area (TPSA) is 59.3 Å². The number of rotatable bonds is 3. The Labute approximate surface area is 183 Å². The molecule has 4 aromatic rings. The first kappa shape index (κ1) is 20.1. The molecule has 0 aliphatic heterocycles. The maximum atomic E-state index is 13.5. The zero-order chi connectivity index (χ0) is 21.9. The zero-order valence-corrected chi connectivity index (χ0v) is 19.2. The highest BCUT2D eigenvalue weighted by Crippen LogP contribution is 2.41. The molecule has 5 heteroatoms. The molecule has 0 fully saturated rings. The summed E-state index contributed by atoms with van der Waals surface area (Å²) in [7, 11) is -3.75. The van der Waals surface area contributed by atoms with Gasteiger partial charge in [0.2, 0.25) is 0 Å². The number of anilines is 1. The van der Waals surface area contributed by atoms with Crippen molar-refractivity contribution in [1.29, 1.82) is 0 Å². The third-order valence-electron chi connectivity index (χ3n) is 6.42. The lowest BCUT2D eigenvalue weighted by molar-refractivity contribution is 0.439. The van der Waals surface area contributed by atoms with Crippen LogP contribution in [0, 0.1) is 26.7 Å². The third-order valence-corrected chi connectivity index (χ3v) is 8.09. The molecule has 160 valence electrons. The number of sulfonamides is 1. The Kier molecular flexibility index (Phi) is 4.63. The van der Waals surface area contributed by atoms with Gasteiger partial charge >= 0.3 is 0 Å². The van der Waals surface area contributed by atoms with Crippen molar-refractivity contribution in [3.63, 3.8) is 0 Å². The van der Waals surface area contributed by atoms with Crippen molar-refractivity contribution in [3.05, 3.63) is 70.5 Å². The van der Waals surface area contributed by atoms with Crippen molar-refractivity contribution in [2.45, 2.75) is 51.9 Å². The number of fused-ring (bicyclic) bond motifs is 5. The van der Waals surface area contributed by atoms with Crippen LogP contribution < -0.4 is 4.72 Å². The largest absolute Gasteiger partial charge is 0.460 e. The number of aryl methyl sites for hydroxylation is 4. The molecule has 1 aromatic heterocycles. The van der Waals surface area contributed by atoms with E-state index >= 15 is 0 Å². The molecule has 1 aliphatic rings. The van der Waals surface area contributed by atoms with Crippen LogP contribution in [0.2, 0.25) is 0 Å². The fourth-order valence-corrected chi connectivity index (χ4v) is 6.67. The van der Waals surface area contributed by atoms with Crippen LogP contribution in [0.4, 0.5) is 5.69 Å². The van der Waals surface area contributed by atoms with Crippen molar-refractivity contribution in [2.24, 2.45) is 5.92 Å². The molecule has 0 amide bonds. The van der Waals surface area contributed by atoms with Crippen LogP contribution in [0.25, 0.3) is 21.7 Å². The highest BCUT2D eigenvalue weighted by Gasteiger charge is 2.26. The minimum absolute atomic E-state index is 0.352. The first-order valence-corrected chi connectivity index (χ1v) is 12.3. The van der Waals surface area contributed by atoms with Gasteiger partial charge in [-0.2, -0.15) is 0 Å². The van der Waals surface area contributed by atoms with Crippen molar-refractivity contribution < 1.29 is 12.8 Å². The maximum Gasteiger partial charge on any atom is 0.262 e. The van der Waals surface area contributed by atoms with Crippen molar-refractivity contribution in [2.75, 3.05) is 4.72 Å². The zero-order valence-electron chi connectivity index (χ0n) is 18.4. The Bertz CT molecular complexity index is 1420. The van der Waals surface area contributed by atoms with Crippen LogP contribution in [-0.2, 0) is 22.9 Å². The van der Waals surface area contributed by atoms with Crippen LogP contribution in [0.1, 0.15) is 41.4 Å². The first-order valence-electron chi connectivity index (χ1n) is 10.8. The predicted molar refractivity (Wildman–Crippen MR) is 126 cm³/mol. The molecule has 31 heavy (non-hydrogen) atoms. The second-order valence-corrected chi connectivity index (χ2v) is 10.7. The molecular weight excluding hydrogens is 406 g/mol. The summed E-state index contributed by atoms with van der Waals surface area (Å²) < 4.78 is 36.2. The van der Waals surface area contributed by atoms with E-state index in [-0.39, 0.29) is 0 Å². The van der Waals surface area contributed by atoms with Crippen LogP contribution in [0.5, 0.6) is 0 Å². The molecule has 0 radical (unpaired) electrons. The van der Waals surface area contributed by atoms with Gasteiger partial charge in [-0.25, -0.2) is 8.42 Å². The number of nitrogens with one attached hydrogen (secondary N) is 1. The van der Waals surface area contributed by atoms with E-state index in [4.69, 9.17) is 4.42 Å². The first-order chi connectivity index (χ1) is 14.7. The maximum absolute atomic E-state index is 13.5. The Hall–Kier alpha value is -2.79. The average molecular weight is 434 g/mol. The second kappa shape index (κ2) is 7.13. The van der Waals surface area contributed by atoms with Gasteiger partial charge in [0.05, 0.1) is 10.6 Å². The summed E-state index contributed by atoms with van der Waals surface area (Å²) in [5, 5.41) is 2.81. The van der Waals surface area contributed by atoms with Gasteiger partial charge in [-0.05, 0) is 56.7 Å². The lowest BCUT2D eigenvalue weighted by Crippen LogP contribution is -2.16. The highest BCUT2D eigenvalue weighted by molar-refractivity contribution is 7.92.